The van der Waals surface area contributed by atoms with E-state index in [1.165, 1.54) is 11.8 Å². The Bertz CT molecular complexity index is 1330. The number of carbonyl (C=O) groups excluding carboxylic acids is 2. The van der Waals surface area contributed by atoms with Crippen LogP contribution in [0, 0.1) is 0 Å². The number of pyridine rings is 1. The number of rotatable bonds is 8. The molecule has 0 saturated heterocycles. The minimum Gasteiger partial charge on any atom is -0.347 e. The van der Waals surface area contributed by atoms with Gasteiger partial charge < -0.3 is 5.32 Å². The summed E-state index contributed by atoms with van der Waals surface area (Å²) in [6.45, 7) is 3.29. The molecule has 0 fully saturated rings. The van der Waals surface area contributed by atoms with E-state index < -0.39 is 16.3 Å². The van der Waals surface area contributed by atoms with Gasteiger partial charge in [-0.15, -0.1) is 0 Å². The predicted molar refractivity (Wildman–Crippen MR) is 149 cm³/mol. The van der Waals surface area contributed by atoms with Gasteiger partial charge in [0.25, 0.3) is 5.91 Å². The molecule has 7 heteroatoms. The van der Waals surface area contributed by atoms with Crippen molar-refractivity contribution < 1.29 is 9.59 Å². The van der Waals surface area contributed by atoms with Crippen molar-refractivity contribution in [2.24, 2.45) is 0 Å². The summed E-state index contributed by atoms with van der Waals surface area (Å²) in [5.41, 5.74) is 3.94. The summed E-state index contributed by atoms with van der Waals surface area (Å²) in [5, 5.41) is 3.04. The van der Waals surface area contributed by atoms with Crippen LogP contribution >= 0.6 is 23.2 Å². The first-order valence-electron chi connectivity index (χ1n) is 11.9. The Hall–Kier alpha value is -3.67. The van der Waals surface area contributed by atoms with E-state index in [1.54, 1.807) is 36.7 Å². The Morgan fingerprint density at radius 3 is 1.95 bits per heavy atom. The van der Waals surface area contributed by atoms with Crippen LogP contribution in [0.25, 0.3) is 11.1 Å². The summed E-state index contributed by atoms with van der Waals surface area (Å²) >= 11 is 12.6. The maximum Gasteiger partial charge on any atom is 0.264 e. The van der Waals surface area contributed by atoms with Crippen molar-refractivity contribution >= 4 is 40.7 Å². The van der Waals surface area contributed by atoms with Gasteiger partial charge in [0.2, 0.25) is 5.91 Å². The molecule has 2 atom stereocenters. The first-order valence-corrected chi connectivity index (χ1v) is 12.6. The lowest BCUT2D eigenvalue weighted by Gasteiger charge is -2.34. The largest absolute Gasteiger partial charge is 0.347 e. The third-order valence-corrected chi connectivity index (χ3v) is 6.34. The van der Waals surface area contributed by atoms with Crippen molar-refractivity contribution in [1.29, 1.82) is 0 Å². The first-order chi connectivity index (χ1) is 17.8. The van der Waals surface area contributed by atoms with Gasteiger partial charge in [0, 0.05) is 23.6 Å². The molecule has 2 amide bonds. The number of benzene rings is 3. The topological polar surface area (TPSA) is 62.3 Å². The van der Waals surface area contributed by atoms with Gasteiger partial charge in [-0.25, -0.2) is 0 Å². The van der Waals surface area contributed by atoms with Crippen molar-refractivity contribution in [2.75, 3.05) is 4.90 Å². The summed E-state index contributed by atoms with van der Waals surface area (Å²) in [6.07, 6.45) is 3.18. The Labute approximate surface area is 227 Å². The zero-order valence-corrected chi connectivity index (χ0v) is 22.0. The molecule has 1 N–H and O–H groups in total. The number of anilines is 1. The monoisotopic (exact) mass is 531 g/mol. The van der Waals surface area contributed by atoms with Crippen molar-refractivity contribution in [3.8, 4) is 11.1 Å². The fourth-order valence-corrected chi connectivity index (χ4v) is 4.30. The second kappa shape index (κ2) is 11.6. The molecule has 5 nitrogen and oxygen atoms in total. The van der Waals surface area contributed by atoms with E-state index >= 15 is 0 Å². The lowest BCUT2D eigenvalue weighted by Crippen LogP contribution is -2.49. The number of amides is 2. The molecule has 0 saturated carbocycles. The second-order valence-corrected chi connectivity index (χ2v) is 10.5. The predicted octanol–water partition coefficient (Wildman–Crippen LogP) is 6.89. The fourth-order valence-electron chi connectivity index (χ4n) is 4.11. The zero-order valence-electron chi connectivity index (χ0n) is 20.5. The number of halogens is 2. The van der Waals surface area contributed by atoms with E-state index in [0.29, 0.717) is 11.3 Å². The summed E-state index contributed by atoms with van der Waals surface area (Å²) in [4.78, 5) is 33.0. The van der Waals surface area contributed by atoms with E-state index in [0.717, 1.165) is 16.7 Å². The summed E-state index contributed by atoms with van der Waals surface area (Å²) in [5.74, 6) is -1.01. The molecular weight excluding hydrogens is 505 g/mol. The quantitative estimate of drug-likeness (QED) is 0.251. The molecule has 0 aliphatic heterocycles. The molecule has 188 valence electrons. The highest BCUT2D eigenvalue weighted by Crippen LogP contribution is 2.35. The van der Waals surface area contributed by atoms with Gasteiger partial charge in [-0.2, -0.15) is 0 Å². The zero-order chi connectivity index (χ0) is 26.4. The van der Waals surface area contributed by atoms with Crippen LogP contribution in [0.1, 0.15) is 37.1 Å². The Morgan fingerprint density at radius 1 is 0.811 bits per heavy atom. The van der Waals surface area contributed by atoms with Gasteiger partial charge in [-0.05, 0) is 48.7 Å². The van der Waals surface area contributed by atoms with Crippen LogP contribution in [0.3, 0.4) is 0 Å². The van der Waals surface area contributed by atoms with Crippen LogP contribution in [-0.2, 0) is 9.59 Å². The molecule has 4 rings (SSSR count). The minimum absolute atomic E-state index is 0.302. The number of nitrogens with zero attached hydrogens (tertiary/aromatic N) is 2. The molecule has 1 unspecified atom stereocenters. The lowest BCUT2D eigenvalue weighted by atomic mass is 10.0. The van der Waals surface area contributed by atoms with Gasteiger partial charge in [0.1, 0.15) is 6.04 Å². The van der Waals surface area contributed by atoms with E-state index in [4.69, 9.17) is 23.2 Å². The van der Waals surface area contributed by atoms with Crippen LogP contribution < -0.4 is 10.2 Å². The van der Waals surface area contributed by atoms with Crippen LogP contribution in [-0.4, -0.2) is 21.1 Å². The average Bonchev–Trinajstić information content (AvgIpc) is 2.92. The highest BCUT2D eigenvalue weighted by atomic mass is 35.5. The highest BCUT2D eigenvalue weighted by Gasteiger charge is 2.41. The number of aromatic nitrogens is 1. The summed E-state index contributed by atoms with van der Waals surface area (Å²) in [7, 11) is 0. The van der Waals surface area contributed by atoms with Gasteiger partial charge in [-0.1, -0.05) is 102 Å². The number of alkyl halides is 2. The standard InChI is InChI=1S/C30H27Cl2N3O2/c1-21(22-10-5-3-6-11-22)34-28(36)27(25-14-9-19-33-20-25)35(29(37)30(2,31)32)26-17-15-24(16-18-26)23-12-7-4-8-13-23/h3-21,27H,1-2H3,(H,34,36)/t21-,27?/m0/s1. The number of nitrogens with one attached hydrogen (secondary N) is 1. The molecule has 4 aromatic rings. The molecule has 1 heterocycles. The maximum absolute atomic E-state index is 13.8. The molecule has 0 radical (unpaired) electrons. The van der Waals surface area contributed by atoms with Gasteiger partial charge in [0.15, 0.2) is 4.33 Å². The van der Waals surface area contributed by atoms with Crippen molar-refractivity contribution in [1.82, 2.24) is 10.3 Å². The van der Waals surface area contributed by atoms with E-state index in [2.05, 4.69) is 10.3 Å². The van der Waals surface area contributed by atoms with Gasteiger partial charge >= 0.3 is 0 Å². The molecule has 0 aliphatic rings. The van der Waals surface area contributed by atoms with Crippen LogP contribution in [0.5, 0.6) is 0 Å². The lowest BCUT2D eigenvalue weighted by molar-refractivity contribution is -0.127. The van der Waals surface area contributed by atoms with E-state index in [-0.39, 0.29) is 11.9 Å². The van der Waals surface area contributed by atoms with E-state index in [1.807, 2.05) is 79.7 Å². The Kier molecular flexibility index (Phi) is 8.27. The Morgan fingerprint density at radius 2 is 1.38 bits per heavy atom. The number of carbonyl (C=O) groups is 2. The smallest absolute Gasteiger partial charge is 0.264 e. The molecule has 0 bridgehead atoms. The maximum atomic E-state index is 13.8. The molecule has 37 heavy (non-hydrogen) atoms. The first kappa shape index (κ1) is 26.4. The summed E-state index contributed by atoms with van der Waals surface area (Å²) in [6, 6.07) is 29.0. The van der Waals surface area contributed by atoms with Crippen LogP contribution in [0.15, 0.2) is 109 Å². The minimum atomic E-state index is -1.77. The number of hydrogen-bond acceptors (Lipinski definition) is 3. The Balaban J connectivity index is 1.77. The van der Waals surface area contributed by atoms with E-state index in [9.17, 15) is 9.59 Å². The van der Waals surface area contributed by atoms with Gasteiger partial charge in [-0.3, -0.25) is 19.5 Å². The van der Waals surface area contributed by atoms with Gasteiger partial charge in [0.05, 0.1) is 6.04 Å². The molecular formula is C30H27Cl2N3O2. The number of hydrogen-bond donors (Lipinski definition) is 1. The second-order valence-electron chi connectivity index (χ2n) is 8.81. The van der Waals surface area contributed by atoms with Crippen LogP contribution in [0.4, 0.5) is 5.69 Å². The summed E-state index contributed by atoms with van der Waals surface area (Å²) < 4.78 is -1.77. The molecule has 1 aromatic heterocycles. The normalized spacial score (nSPS) is 12.9. The molecule has 0 aliphatic carbocycles. The fraction of sp³-hybridized carbons (Fsp3) is 0.167. The van der Waals surface area contributed by atoms with Crippen molar-refractivity contribution in [3.05, 3.63) is 121 Å². The third kappa shape index (κ3) is 6.37. The van der Waals surface area contributed by atoms with Crippen LogP contribution in [0.2, 0.25) is 0 Å². The molecule has 3 aromatic carbocycles. The molecule has 0 spiro atoms. The third-order valence-electron chi connectivity index (χ3n) is 6.01. The average molecular weight is 532 g/mol. The van der Waals surface area contributed by atoms with Crippen molar-refractivity contribution in [2.45, 2.75) is 30.3 Å². The van der Waals surface area contributed by atoms with Crippen molar-refractivity contribution in [3.63, 3.8) is 0 Å². The SMILES string of the molecule is C[C@H](NC(=O)C(c1cccnc1)N(C(=O)C(C)(Cl)Cl)c1ccc(-c2ccccc2)cc1)c1ccccc1. The highest BCUT2D eigenvalue weighted by molar-refractivity contribution is 6.59.